The van der Waals surface area contributed by atoms with Gasteiger partial charge in [0.05, 0.1) is 5.60 Å². The van der Waals surface area contributed by atoms with Gasteiger partial charge in [0.1, 0.15) is 0 Å². The van der Waals surface area contributed by atoms with Gasteiger partial charge in [-0.1, -0.05) is 34.6 Å². The average molecular weight is 201 g/mol. The zero-order chi connectivity index (χ0) is 11.2. The highest BCUT2D eigenvalue weighted by Crippen LogP contribution is 2.14. The molecule has 0 aromatic carbocycles. The van der Waals surface area contributed by atoms with Crippen molar-refractivity contribution in [3.63, 3.8) is 0 Å². The molecule has 2 nitrogen and oxygen atoms in total. The van der Waals surface area contributed by atoms with Gasteiger partial charge < -0.3 is 10.4 Å². The van der Waals surface area contributed by atoms with Crippen LogP contribution in [0.15, 0.2) is 0 Å². The predicted molar refractivity (Wildman–Crippen MR) is 62.5 cm³/mol. The quantitative estimate of drug-likeness (QED) is 0.663. The first-order valence-corrected chi connectivity index (χ1v) is 5.94. The minimum atomic E-state index is -0.512. The van der Waals surface area contributed by atoms with Gasteiger partial charge in [-0.3, -0.25) is 0 Å². The molecule has 0 fully saturated rings. The highest BCUT2D eigenvalue weighted by Gasteiger charge is 2.23. The summed E-state index contributed by atoms with van der Waals surface area (Å²) in [6.07, 6.45) is 2.78. The Labute approximate surface area is 89.1 Å². The molecular formula is C12H27NO. The van der Waals surface area contributed by atoms with Crippen LogP contribution in [-0.4, -0.2) is 23.3 Å². The van der Waals surface area contributed by atoms with E-state index in [0.29, 0.717) is 12.0 Å². The molecule has 14 heavy (non-hydrogen) atoms. The van der Waals surface area contributed by atoms with Crippen LogP contribution in [0.4, 0.5) is 0 Å². The number of nitrogens with one attached hydrogen (secondary N) is 1. The molecule has 86 valence electrons. The zero-order valence-electron chi connectivity index (χ0n) is 10.4. The molecular weight excluding hydrogens is 174 g/mol. The van der Waals surface area contributed by atoms with Crippen LogP contribution in [0, 0.1) is 5.92 Å². The summed E-state index contributed by atoms with van der Waals surface area (Å²) < 4.78 is 0. The minimum Gasteiger partial charge on any atom is -0.389 e. The molecule has 0 aromatic heterocycles. The lowest BCUT2D eigenvalue weighted by Gasteiger charge is -2.30. The van der Waals surface area contributed by atoms with Gasteiger partial charge in [-0.2, -0.15) is 0 Å². The Balaban J connectivity index is 4.00. The van der Waals surface area contributed by atoms with E-state index < -0.39 is 5.60 Å². The summed E-state index contributed by atoms with van der Waals surface area (Å²) >= 11 is 0. The van der Waals surface area contributed by atoms with Crippen molar-refractivity contribution in [1.82, 2.24) is 5.32 Å². The molecule has 2 heteroatoms. The summed E-state index contributed by atoms with van der Waals surface area (Å²) in [6.45, 7) is 11.4. The minimum absolute atomic E-state index is 0.512. The Hall–Kier alpha value is -0.0800. The number of aliphatic hydroxyl groups is 1. The van der Waals surface area contributed by atoms with Gasteiger partial charge in [0.25, 0.3) is 0 Å². The predicted octanol–water partition coefficient (Wildman–Crippen LogP) is 2.56. The van der Waals surface area contributed by atoms with Crippen LogP contribution >= 0.6 is 0 Å². The Bertz CT molecular complexity index is 141. The van der Waals surface area contributed by atoms with Gasteiger partial charge in [0.15, 0.2) is 0 Å². The van der Waals surface area contributed by atoms with Crippen molar-refractivity contribution in [2.45, 2.75) is 65.5 Å². The van der Waals surface area contributed by atoms with E-state index in [-0.39, 0.29) is 0 Å². The topological polar surface area (TPSA) is 32.3 Å². The third kappa shape index (κ3) is 4.43. The molecule has 0 aromatic rings. The van der Waals surface area contributed by atoms with Crippen molar-refractivity contribution in [1.29, 1.82) is 0 Å². The fraction of sp³-hybridized carbons (Fsp3) is 1.00. The smallest absolute Gasteiger partial charge is 0.0766 e. The molecule has 0 spiro atoms. The third-order valence-electron chi connectivity index (χ3n) is 3.25. The molecule has 1 atom stereocenters. The van der Waals surface area contributed by atoms with Crippen molar-refractivity contribution >= 4 is 0 Å². The van der Waals surface area contributed by atoms with Crippen molar-refractivity contribution < 1.29 is 5.11 Å². The second-order valence-corrected chi connectivity index (χ2v) is 4.57. The fourth-order valence-corrected chi connectivity index (χ4v) is 1.67. The van der Waals surface area contributed by atoms with Crippen LogP contribution in [0.25, 0.3) is 0 Å². The lowest BCUT2D eigenvalue weighted by Crippen LogP contribution is -2.45. The van der Waals surface area contributed by atoms with Gasteiger partial charge >= 0.3 is 0 Å². The van der Waals surface area contributed by atoms with Crippen LogP contribution in [0.1, 0.15) is 53.9 Å². The standard InChI is InChI=1S/C12H27NO/c1-6-11(10(4)5)13-9-12(14,7-2)8-3/h10-11,13-14H,6-9H2,1-5H3. The second-order valence-electron chi connectivity index (χ2n) is 4.57. The monoisotopic (exact) mass is 201 g/mol. The molecule has 0 saturated heterocycles. The molecule has 0 bridgehead atoms. The van der Waals surface area contributed by atoms with Crippen molar-refractivity contribution in [3.05, 3.63) is 0 Å². The Morgan fingerprint density at radius 2 is 1.64 bits per heavy atom. The van der Waals surface area contributed by atoms with E-state index in [4.69, 9.17) is 0 Å². The average Bonchev–Trinajstić information content (AvgIpc) is 2.18. The Kier molecular flexibility index (Phi) is 6.38. The van der Waals surface area contributed by atoms with Gasteiger partial charge in [-0.05, 0) is 25.2 Å². The molecule has 0 saturated carbocycles. The Morgan fingerprint density at radius 3 is 1.93 bits per heavy atom. The summed E-state index contributed by atoms with van der Waals surface area (Å²) in [5.41, 5.74) is -0.512. The molecule has 0 aliphatic rings. The van der Waals surface area contributed by atoms with Crippen LogP contribution < -0.4 is 5.32 Å². The lowest BCUT2D eigenvalue weighted by atomic mass is 9.95. The first kappa shape index (κ1) is 13.9. The van der Waals surface area contributed by atoms with E-state index in [9.17, 15) is 5.11 Å². The summed E-state index contributed by atoms with van der Waals surface area (Å²) in [4.78, 5) is 0. The van der Waals surface area contributed by atoms with Crippen LogP contribution in [0.2, 0.25) is 0 Å². The van der Waals surface area contributed by atoms with E-state index in [0.717, 1.165) is 25.8 Å². The summed E-state index contributed by atoms with van der Waals surface area (Å²) in [6, 6.07) is 0.527. The van der Waals surface area contributed by atoms with E-state index in [1.165, 1.54) is 0 Å². The number of hydrogen-bond acceptors (Lipinski definition) is 2. The SMILES string of the molecule is CCC(NCC(O)(CC)CC)C(C)C. The zero-order valence-corrected chi connectivity index (χ0v) is 10.4. The third-order valence-corrected chi connectivity index (χ3v) is 3.25. The van der Waals surface area contributed by atoms with Crippen LogP contribution in [0.5, 0.6) is 0 Å². The maximum Gasteiger partial charge on any atom is 0.0766 e. The van der Waals surface area contributed by atoms with Gasteiger partial charge in [0.2, 0.25) is 0 Å². The Morgan fingerprint density at radius 1 is 1.14 bits per heavy atom. The highest BCUT2D eigenvalue weighted by atomic mass is 16.3. The largest absolute Gasteiger partial charge is 0.389 e. The fourth-order valence-electron chi connectivity index (χ4n) is 1.67. The maximum absolute atomic E-state index is 10.1. The van der Waals surface area contributed by atoms with Crippen LogP contribution in [0.3, 0.4) is 0 Å². The van der Waals surface area contributed by atoms with Crippen LogP contribution in [-0.2, 0) is 0 Å². The van der Waals surface area contributed by atoms with Crippen molar-refractivity contribution in [2.75, 3.05) is 6.54 Å². The van der Waals surface area contributed by atoms with E-state index in [1.54, 1.807) is 0 Å². The molecule has 1 unspecified atom stereocenters. The number of rotatable bonds is 7. The van der Waals surface area contributed by atoms with Gasteiger partial charge in [-0.25, -0.2) is 0 Å². The summed E-state index contributed by atoms with van der Waals surface area (Å²) in [7, 11) is 0. The first-order valence-electron chi connectivity index (χ1n) is 5.94. The normalized spacial score (nSPS) is 14.8. The van der Waals surface area contributed by atoms with Gasteiger partial charge in [-0.15, -0.1) is 0 Å². The lowest BCUT2D eigenvalue weighted by molar-refractivity contribution is 0.0282. The molecule has 2 N–H and O–H groups in total. The maximum atomic E-state index is 10.1. The van der Waals surface area contributed by atoms with E-state index in [1.807, 2.05) is 13.8 Å². The molecule has 0 aliphatic carbocycles. The summed E-state index contributed by atoms with van der Waals surface area (Å²) in [5, 5.41) is 13.6. The van der Waals surface area contributed by atoms with E-state index in [2.05, 4.69) is 26.1 Å². The molecule has 0 rings (SSSR count). The molecule has 0 radical (unpaired) electrons. The van der Waals surface area contributed by atoms with Crippen molar-refractivity contribution in [3.8, 4) is 0 Å². The summed E-state index contributed by atoms with van der Waals surface area (Å²) in [5.74, 6) is 0.637. The highest BCUT2D eigenvalue weighted by molar-refractivity contribution is 4.80. The molecule has 0 heterocycles. The first-order chi connectivity index (χ1) is 6.49. The molecule has 0 aliphatic heterocycles. The van der Waals surface area contributed by atoms with E-state index >= 15 is 0 Å². The van der Waals surface area contributed by atoms with Crippen molar-refractivity contribution in [2.24, 2.45) is 5.92 Å². The van der Waals surface area contributed by atoms with Gasteiger partial charge in [0, 0.05) is 12.6 Å². The number of hydrogen-bond donors (Lipinski definition) is 2. The second kappa shape index (κ2) is 6.41. The molecule has 0 amide bonds.